The van der Waals surface area contributed by atoms with Gasteiger partial charge in [0, 0.05) is 12.0 Å². The Morgan fingerprint density at radius 3 is 2.40 bits per heavy atom. The number of rotatable bonds is 3. The molecule has 1 N–H and O–H groups in total. The zero-order chi connectivity index (χ0) is 25.1. The number of fused-ring (bicyclic) bond motifs is 1. The van der Waals surface area contributed by atoms with Crippen molar-refractivity contribution in [1.29, 1.82) is 0 Å². The highest BCUT2D eigenvalue weighted by molar-refractivity contribution is 6.24. The maximum absolute atomic E-state index is 14.0. The Kier molecular flexibility index (Phi) is 5.00. The lowest BCUT2D eigenvalue weighted by Crippen LogP contribution is -2.54. The Labute approximate surface area is 193 Å². The Morgan fingerprint density at radius 1 is 0.971 bits per heavy atom. The second kappa shape index (κ2) is 7.82. The van der Waals surface area contributed by atoms with Gasteiger partial charge in [-0.05, 0) is 24.6 Å². The molecular formula is C22H13F4N5O4. The number of nitrogens with one attached hydrogen (secondary N) is 1. The third-order valence-corrected chi connectivity index (χ3v) is 5.76. The molecule has 0 bridgehead atoms. The molecular weight excluding hydrogens is 474 g/mol. The number of benzene rings is 2. The number of hydrogen-bond acceptors (Lipinski definition) is 6. The third-order valence-electron chi connectivity index (χ3n) is 5.76. The standard InChI is InChI=1S/C22H13F4N5O4/c23-12-5-1-3-10(18(12)22(24,25)26)13-9-30(29-28-13)14-6-2-4-11-17(14)21(35)31(20(11)34)15-7-8-16(32)27-19(15)33/h1-6,9,15H,7-8H2,(H,27,32,33). The second-order valence-corrected chi connectivity index (χ2v) is 7.86. The molecule has 0 radical (unpaired) electrons. The van der Waals surface area contributed by atoms with Gasteiger partial charge in [0.15, 0.2) is 0 Å². The summed E-state index contributed by atoms with van der Waals surface area (Å²) in [6.45, 7) is 0. The summed E-state index contributed by atoms with van der Waals surface area (Å²) >= 11 is 0. The van der Waals surface area contributed by atoms with Crippen LogP contribution in [0.5, 0.6) is 0 Å². The monoisotopic (exact) mass is 487 g/mol. The fraction of sp³-hybridized carbons (Fsp3) is 0.182. The lowest BCUT2D eigenvalue weighted by atomic mass is 10.0. The normalized spacial score (nSPS) is 18.2. The minimum absolute atomic E-state index is 0.0272. The number of alkyl halides is 3. The molecule has 9 nitrogen and oxygen atoms in total. The lowest BCUT2D eigenvalue weighted by Gasteiger charge is -2.27. The summed E-state index contributed by atoms with van der Waals surface area (Å²) < 4.78 is 55.3. The van der Waals surface area contributed by atoms with Crippen LogP contribution in [0, 0.1) is 5.82 Å². The van der Waals surface area contributed by atoms with Crippen LogP contribution in [0.15, 0.2) is 42.6 Å². The molecule has 3 heterocycles. The topological polar surface area (TPSA) is 114 Å². The van der Waals surface area contributed by atoms with Gasteiger partial charge in [0.1, 0.15) is 23.1 Å². The molecule has 1 unspecified atom stereocenters. The zero-order valence-corrected chi connectivity index (χ0v) is 17.5. The van der Waals surface area contributed by atoms with E-state index in [1.807, 2.05) is 0 Å². The third kappa shape index (κ3) is 3.55. The number of carbonyl (C=O) groups is 4. The van der Waals surface area contributed by atoms with Gasteiger partial charge in [-0.3, -0.25) is 29.4 Å². The average molecular weight is 487 g/mol. The predicted molar refractivity (Wildman–Crippen MR) is 108 cm³/mol. The first-order valence-corrected chi connectivity index (χ1v) is 10.2. The fourth-order valence-corrected chi connectivity index (χ4v) is 4.22. The van der Waals surface area contributed by atoms with Gasteiger partial charge in [0.2, 0.25) is 11.8 Å². The van der Waals surface area contributed by atoms with Crippen LogP contribution < -0.4 is 5.32 Å². The number of piperidine rings is 1. The molecule has 178 valence electrons. The van der Waals surface area contributed by atoms with E-state index in [4.69, 9.17) is 0 Å². The molecule has 13 heteroatoms. The summed E-state index contributed by atoms with van der Waals surface area (Å²) in [5.41, 5.74) is -2.53. The van der Waals surface area contributed by atoms with E-state index in [-0.39, 0.29) is 35.3 Å². The van der Waals surface area contributed by atoms with Crippen molar-refractivity contribution in [2.75, 3.05) is 0 Å². The molecule has 2 aromatic carbocycles. The summed E-state index contributed by atoms with van der Waals surface area (Å²) in [7, 11) is 0. The summed E-state index contributed by atoms with van der Waals surface area (Å²) in [4.78, 5) is 50.6. The Bertz CT molecular complexity index is 1430. The van der Waals surface area contributed by atoms with Gasteiger partial charge < -0.3 is 0 Å². The number of carbonyl (C=O) groups excluding carboxylic acids is 4. The summed E-state index contributed by atoms with van der Waals surface area (Å²) in [6.07, 6.45) is -4.02. The molecule has 4 amide bonds. The Balaban J connectivity index is 1.56. The first-order valence-electron chi connectivity index (χ1n) is 10.2. The largest absolute Gasteiger partial charge is 0.419 e. The van der Waals surface area contributed by atoms with Crippen molar-refractivity contribution in [2.24, 2.45) is 0 Å². The number of nitrogens with zero attached hydrogens (tertiary/aromatic N) is 4. The zero-order valence-electron chi connectivity index (χ0n) is 17.5. The van der Waals surface area contributed by atoms with Gasteiger partial charge in [-0.25, -0.2) is 9.07 Å². The van der Waals surface area contributed by atoms with Gasteiger partial charge in [0.05, 0.1) is 23.0 Å². The highest BCUT2D eigenvalue weighted by atomic mass is 19.4. The number of aromatic nitrogens is 3. The van der Waals surface area contributed by atoms with Crippen LogP contribution >= 0.6 is 0 Å². The van der Waals surface area contributed by atoms with E-state index >= 15 is 0 Å². The van der Waals surface area contributed by atoms with Crippen molar-refractivity contribution in [3.63, 3.8) is 0 Å². The van der Waals surface area contributed by atoms with E-state index < -0.39 is 52.8 Å². The highest BCUT2D eigenvalue weighted by Crippen LogP contribution is 2.38. The molecule has 2 aliphatic rings. The molecule has 35 heavy (non-hydrogen) atoms. The van der Waals surface area contributed by atoms with E-state index in [1.165, 1.54) is 18.2 Å². The van der Waals surface area contributed by atoms with Crippen LogP contribution in [0.3, 0.4) is 0 Å². The van der Waals surface area contributed by atoms with Gasteiger partial charge >= 0.3 is 6.18 Å². The van der Waals surface area contributed by atoms with Crippen molar-refractivity contribution >= 4 is 23.6 Å². The lowest BCUT2D eigenvalue weighted by molar-refractivity contribution is -0.139. The van der Waals surface area contributed by atoms with Crippen molar-refractivity contribution in [2.45, 2.75) is 25.1 Å². The maximum atomic E-state index is 14.0. The second-order valence-electron chi connectivity index (χ2n) is 7.86. The van der Waals surface area contributed by atoms with Crippen molar-refractivity contribution in [1.82, 2.24) is 25.2 Å². The van der Waals surface area contributed by atoms with Gasteiger partial charge in [-0.2, -0.15) is 13.2 Å². The minimum atomic E-state index is -5.00. The minimum Gasteiger partial charge on any atom is -0.295 e. The Morgan fingerprint density at radius 2 is 1.69 bits per heavy atom. The predicted octanol–water partition coefficient (Wildman–Crippen LogP) is 2.49. The van der Waals surface area contributed by atoms with Gasteiger partial charge in [-0.1, -0.05) is 23.4 Å². The smallest absolute Gasteiger partial charge is 0.295 e. The van der Waals surface area contributed by atoms with Crippen LogP contribution in [0.2, 0.25) is 0 Å². The number of amides is 4. The van der Waals surface area contributed by atoms with Crippen molar-refractivity contribution in [3.05, 3.63) is 65.1 Å². The quantitative estimate of drug-likeness (QED) is 0.449. The molecule has 2 aliphatic heterocycles. The van der Waals surface area contributed by atoms with E-state index in [2.05, 4.69) is 15.6 Å². The first kappa shape index (κ1) is 22.4. The number of halogens is 4. The molecule has 0 spiro atoms. The van der Waals surface area contributed by atoms with Crippen LogP contribution in [-0.4, -0.2) is 49.6 Å². The van der Waals surface area contributed by atoms with Crippen molar-refractivity contribution in [3.8, 4) is 16.9 Å². The summed E-state index contributed by atoms with van der Waals surface area (Å²) in [5, 5.41) is 9.59. The molecule has 1 saturated heterocycles. The molecule has 0 aliphatic carbocycles. The summed E-state index contributed by atoms with van der Waals surface area (Å²) in [5.74, 6) is -4.37. The van der Waals surface area contributed by atoms with E-state index in [9.17, 15) is 36.7 Å². The average Bonchev–Trinajstić information content (AvgIpc) is 3.37. The van der Waals surface area contributed by atoms with Gasteiger partial charge in [0.25, 0.3) is 11.8 Å². The van der Waals surface area contributed by atoms with Crippen LogP contribution in [0.4, 0.5) is 17.6 Å². The molecule has 1 aromatic heterocycles. The first-order chi connectivity index (χ1) is 16.6. The SMILES string of the molecule is O=C1CCC(N2C(=O)c3cccc(-n4cc(-c5cccc(F)c5C(F)(F)F)nn4)c3C2=O)C(=O)N1. The Hall–Kier alpha value is -4.42. The van der Waals surface area contributed by atoms with Crippen molar-refractivity contribution < 1.29 is 36.7 Å². The number of hydrogen-bond donors (Lipinski definition) is 1. The van der Waals surface area contributed by atoms with E-state index in [0.29, 0.717) is 6.07 Å². The molecule has 1 fully saturated rings. The molecule has 1 atom stereocenters. The van der Waals surface area contributed by atoms with Crippen LogP contribution in [0.1, 0.15) is 39.1 Å². The fourth-order valence-electron chi connectivity index (χ4n) is 4.22. The van der Waals surface area contributed by atoms with Crippen LogP contribution in [0.25, 0.3) is 16.9 Å². The molecule has 0 saturated carbocycles. The molecule has 5 rings (SSSR count). The molecule has 3 aromatic rings. The maximum Gasteiger partial charge on any atom is 0.419 e. The summed E-state index contributed by atoms with van der Waals surface area (Å²) in [6, 6.07) is 5.80. The van der Waals surface area contributed by atoms with E-state index in [1.54, 1.807) is 0 Å². The van der Waals surface area contributed by atoms with Gasteiger partial charge in [-0.15, -0.1) is 5.10 Å². The highest BCUT2D eigenvalue weighted by Gasteiger charge is 2.46. The van der Waals surface area contributed by atoms with Crippen LogP contribution in [-0.2, 0) is 15.8 Å². The van der Waals surface area contributed by atoms with E-state index in [0.717, 1.165) is 27.9 Å². The number of imide groups is 2.